The lowest BCUT2D eigenvalue weighted by Crippen LogP contribution is -2.08. The molecule has 5 heteroatoms. The topological polar surface area (TPSA) is 33.0 Å². The van der Waals surface area contributed by atoms with Crippen molar-refractivity contribution in [2.45, 2.75) is 13.0 Å². The summed E-state index contributed by atoms with van der Waals surface area (Å²) < 4.78 is 5.92. The molecule has 0 aromatic heterocycles. The van der Waals surface area contributed by atoms with Gasteiger partial charge in [-0.2, -0.15) is 5.26 Å². The number of rotatable bonds is 2. The fourth-order valence-electron chi connectivity index (χ4n) is 0.845. The highest BCUT2D eigenvalue weighted by Gasteiger charge is 2.11. The molecule has 0 aliphatic carbocycles. The van der Waals surface area contributed by atoms with Crippen LogP contribution in [0.15, 0.2) is 16.6 Å². The number of hydrogen-bond donors (Lipinski definition) is 0. The van der Waals surface area contributed by atoms with Crippen LogP contribution in [-0.4, -0.2) is 6.10 Å². The van der Waals surface area contributed by atoms with Crippen LogP contribution in [0.2, 0.25) is 10.0 Å². The molecule has 0 bridgehead atoms. The lowest BCUT2D eigenvalue weighted by Gasteiger charge is -2.11. The summed E-state index contributed by atoms with van der Waals surface area (Å²) in [5, 5.41) is 9.47. The van der Waals surface area contributed by atoms with E-state index >= 15 is 0 Å². The monoisotopic (exact) mass is 293 g/mol. The Morgan fingerprint density at radius 1 is 1.50 bits per heavy atom. The Kier molecular flexibility index (Phi) is 4.06. The first kappa shape index (κ1) is 11.6. The standard InChI is InChI=1S/C9H6BrCl2NO/c1-5(4-13)14-9-7(10)2-6(11)3-8(9)12/h2-3,5H,1H3. The molecule has 1 rings (SSSR count). The third-order valence-corrected chi connectivity index (χ3v) is 2.53. The molecule has 0 heterocycles. The number of ether oxygens (including phenoxy) is 1. The lowest BCUT2D eigenvalue weighted by atomic mass is 10.3. The Morgan fingerprint density at radius 3 is 2.64 bits per heavy atom. The van der Waals surface area contributed by atoms with E-state index in [0.717, 1.165) is 0 Å². The van der Waals surface area contributed by atoms with Gasteiger partial charge in [0.1, 0.15) is 6.07 Å². The van der Waals surface area contributed by atoms with Gasteiger partial charge in [0, 0.05) is 5.02 Å². The molecule has 1 atom stereocenters. The maximum atomic E-state index is 8.57. The fourth-order valence-corrected chi connectivity index (χ4v) is 2.18. The van der Waals surface area contributed by atoms with Crippen LogP contribution in [0.4, 0.5) is 0 Å². The molecule has 14 heavy (non-hydrogen) atoms. The highest BCUT2D eigenvalue weighted by Crippen LogP contribution is 2.36. The lowest BCUT2D eigenvalue weighted by molar-refractivity contribution is 0.275. The summed E-state index contributed by atoms with van der Waals surface area (Å²) in [6.45, 7) is 1.64. The largest absolute Gasteiger partial charge is 0.473 e. The third-order valence-electron chi connectivity index (χ3n) is 1.44. The van der Waals surface area contributed by atoms with E-state index in [-0.39, 0.29) is 0 Å². The highest BCUT2D eigenvalue weighted by atomic mass is 79.9. The number of benzene rings is 1. The van der Waals surface area contributed by atoms with Gasteiger partial charge in [0.05, 0.1) is 9.50 Å². The van der Waals surface area contributed by atoms with Gasteiger partial charge in [0.2, 0.25) is 0 Å². The second-order valence-electron chi connectivity index (χ2n) is 2.59. The Bertz CT molecular complexity index is 366. The van der Waals surface area contributed by atoms with Crippen LogP contribution in [0.25, 0.3) is 0 Å². The number of nitriles is 1. The van der Waals surface area contributed by atoms with Gasteiger partial charge < -0.3 is 4.74 Å². The van der Waals surface area contributed by atoms with Crippen molar-refractivity contribution in [2.24, 2.45) is 0 Å². The molecule has 0 N–H and O–H groups in total. The van der Waals surface area contributed by atoms with E-state index in [1.165, 1.54) is 0 Å². The summed E-state index contributed by atoms with van der Waals surface area (Å²) in [7, 11) is 0. The van der Waals surface area contributed by atoms with Gasteiger partial charge in [-0.15, -0.1) is 0 Å². The van der Waals surface area contributed by atoms with Gasteiger partial charge in [0.25, 0.3) is 0 Å². The Balaban J connectivity index is 3.04. The van der Waals surface area contributed by atoms with Gasteiger partial charge in [-0.1, -0.05) is 23.2 Å². The van der Waals surface area contributed by atoms with E-state index < -0.39 is 6.10 Å². The number of nitrogens with zero attached hydrogens (tertiary/aromatic N) is 1. The van der Waals surface area contributed by atoms with Crippen LogP contribution in [0.3, 0.4) is 0 Å². The molecule has 0 aliphatic rings. The number of hydrogen-bond acceptors (Lipinski definition) is 2. The van der Waals surface area contributed by atoms with E-state index in [0.29, 0.717) is 20.3 Å². The summed E-state index contributed by atoms with van der Waals surface area (Å²) in [6.07, 6.45) is -0.551. The van der Waals surface area contributed by atoms with Gasteiger partial charge >= 0.3 is 0 Å². The van der Waals surface area contributed by atoms with Gasteiger partial charge in [0.15, 0.2) is 11.9 Å². The van der Waals surface area contributed by atoms with E-state index in [9.17, 15) is 0 Å². The number of halogens is 3. The summed E-state index contributed by atoms with van der Waals surface area (Å²) in [5.41, 5.74) is 0. The summed E-state index contributed by atoms with van der Waals surface area (Å²) in [6, 6.07) is 5.17. The van der Waals surface area contributed by atoms with Gasteiger partial charge in [-0.25, -0.2) is 0 Å². The highest BCUT2D eigenvalue weighted by molar-refractivity contribution is 9.10. The molecular formula is C9H6BrCl2NO. The van der Waals surface area contributed by atoms with Crippen molar-refractivity contribution in [3.63, 3.8) is 0 Å². The Hall–Kier alpha value is -0.430. The molecule has 0 amide bonds. The minimum absolute atomic E-state index is 0.381. The van der Waals surface area contributed by atoms with Crippen molar-refractivity contribution in [2.75, 3.05) is 0 Å². The van der Waals surface area contributed by atoms with E-state index in [1.807, 2.05) is 6.07 Å². The van der Waals surface area contributed by atoms with Crippen molar-refractivity contribution in [1.82, 2.24) is 0 Å². The molecule has 0 radical (unpaired) electrons. The molecule has 1 unspecified atom stereocenters. The first-order valence-electron chi connectivity index (χ1n) is 3.75. The van der Waals surface area contributed by atoms with Crippen molar-refractivity contribution >= 4 is 39.1 Å². The zero-order valence-corrected chi connectivity index (χ0v) is 10.3. The van der Waals surface area contributed by atoms with Crippen molar-refractivity contribution in [3.05, 3.63) is 26.7 Å². The smallest absolute Gasteiger partial charge is 0.181 e. The van der Waals surface area contributed by atoms with E-state index in [4.69, 9.17) is 33.2 Å². The second kappa shape index (κ2) is 4.88. The van der Waals surface area contributed by atoms with E-state index in [2.05, 4.69) is 15.9 Å². The van der Waals surface area contributed by atoms with Crippen LogP contribution in [0, 0.1) is 11.3 Å². The SMILES string of the molecule is CC(C#N)Oc1c(Cl)cc(Cl)cc1Br. The molecule has 1 aromatic rings. The maximum absolute atomic E-state index is 8.57. The molecular weight excluding hydrogens is 289 g/mol. The molecule has 0 saturated carbocycles. The molecule has 2 nitrogen and oxygen atoms in total. The summed E-state index contributed by atoms with van der Waals surface area (Å²) in [5.74, 6) is 0.435. The van der Waals surface area contributed by atoms with Crippen LogP contribution < -0.4 is 4.74 Å². The van der Waals surface area contributed by atoms with Crippen LogP contribution in [-0.2, 0) is 0 Å². The Labute approximate surface area is 101 Å². The van der Waals surface area contributed by atoms with Crippen molar-refractivity contribution in [3.8, 4) is 11.8 Å². The zero-order valence-electron chi connectivity index (χ0n) is 7.22. The average molecular weight is 295 g/mol. The molecule has 0 aliphatic heterocycles. The van der Waals surface area contributed by atoms with Crippen molar-refractivity contribution in [1.29, 1.82) is 5.26 Å². The van der Waals surface area contributed by atoms with Crippen LogP contribution in [0.5, 0.6) is 5.75 Å². The van der Waals surface area contributed by atoms with Crippen LogP contribution in [0.1, 0.15) is 6.92 Å². The average Bonchev–Trinajstić information content (AvgIpc) is 2.10. The summed E-state index contributed by atoms with van der Waals surface area (Å²) >= 11 is 14.9. The minimum Gasteiger partial charge on any atom is -0.473 e. The van der Waals surface area contributed by atoms with E-state index in [1.54, 1.807) is 19.1 Å². The first-order chi connectivity index (χ1) is 6.54. The predicted molar refractivity (Wildman–Crippen MR) is 59.9 cm³/mol. The minimum atomic E-state index is -0.551. The third kappa shape index (κ3) is 2.78. The Morgan fingerprint density at radius 2 is 2.14 bits per heavy atom. The summed E-state index contributed by atoms with van der Waals surface area (Å²) in [4.78, 5) is 0. The van der Waals surface area contributed by atoms with Gasteiger partial charge in [-0.05, 0) is 35.0 Å². The second-order valence-corrected chi connectivity index (χ2v) is 4.29. The maximum Gasteiger partial charge on any atom is 0.181 e. The zero-order chi connectivity index (χ0) is 10.7. The quantitative estimate of drug-likeness (QED) is 0.824. The molecule has 1 aromatic carbocycles. The van der Waals surface area contributed by atoms with Crippen LogP contribution >= 0.6 is 39.1 Å². The molecule has 0 saturated heterocycles. The normalized spacial score (nSPS) is 11.9. The first-order valence-corrected chi connectivity index (χ1v) is 5.30. The molecule has 74 valence electrons. The fraction of sp³-hybridized carbons (Fsp3) is 0.222. The predicted octanol–water partition coefficient (Wildman–Crippen LogP) is 4.05. The van der Waals surface area contributed by atoms with Gasteiger partial charge in [-0.3, -0.25) is 0 Å². The molecule has 0 spiro atoms. The molecule has 0 fully saturated rings. The van der Waals surface area contributed by atoms with Crippen molar-refractivity contribution < 1.29 is 4.74 Å².